The summed E-state index contributed by atoms with van der Waals surface area (Å²) in [4.78, 5) is 35.6. The lowest BCUT2D eigenvalue weighted by molar-refractivity contribution is -0.113. The Labute approximate surface area is 158 Å². The van der Waals surface area contributed by atoms with Crippen LogP contribution in [0.5, 0.6) is 0 Å². The minimum absolute atomic E-state index is 0.154. The van der Waals surface area contributed by atoms with Crippen molar-refractivity contribution in [2.24, 2.45) is 0 Å². The van der Waals surface area contributed by atoms with Gasteiger partial charge >= 0.3 is 0 Å². The molecule has 1 aliphatic heterocycles. The Bertz CT molecular complexity index is 866. The Morgan fingerprint density at radius 3 is 2.44 bits per heavy atom. The Balaban J connectivity index is 1.63. The number of hydrogen-bond acceptors (Lipinski definition) is 4. The van der Waals surface area contributed by atoms with E-state index < -0.39 is 11.8 Å². The summed E-state index contributed by atoms with van der Waals surface area (Å²) in [5, 5.41) is 5.98. The van der Waals surface area contributed by atoms with Gasteiger partial charge < -0.3 is 5.32 Å². The first-order valence-electron chi connectivity index (χ1n) is 7.26. The molecule has 0 spiro atoms. The fourth-order valence-corrected chi connectivity index (χ4v) is 3.99. The maximum absolute atomic E-state index is 12.1. The van der Waals surface area contributed by atoms with Gasteiger partial charge in [0.1, 0.15) is 0 Å². The number of anilines is 1. The molecule has 2 aromatic carbocycles. The van der Waals surface area contributed by atoms with Crippen LogP contribution in [-0.4, -0.2) is 23.5 Å². The van der Waals surface area contributed by atoms with Gasteiger partial charge in [-0.05, 0) is 29.8 Å². The molecule has 128 valence electrons. The van der Waals surface area contributed by atoms with Gasteiger partial charge in [0.25, 0.3) is 11.8 Å². The first-order valence-corrected chi connectivity index (χ1v) is 9.17. The lowest BCUT2D eigenvalue weighted by Gasteiger charge is -2.09. The molecule has 5 nitrogen and oxygen atoms in total. The number of imide groups is 1. The summed E-state index contributed by atoms with van der Waals surface area (Å²) in [6.07, 6.45) is 0. The van der Waals surface area contributed by atoms with Crippen LogP contribution in [0, 0.1) is 0 Å². The molecule has 2 aromatic rings. The molecular weight excluding hydrogens is 383 g/mol. The molecule has 0 unspecified atom stereocenters. The van der Waals surface area contributed by atoms with E-state index in [1.165, 1.54) is 11.8 Å². The third kappa shape index (κ3) is 3.81. The van der Waals surface area contributed by atoms with Gasteiger partial charge in [0.05, 0.1) is 22.6 Å². The maximum atomic E-state index is 12.1. The van der Waals surface area contributed by atoms with Crippen LogP contribution in [0.4, 0.5) is 5.69 Å². The van der Waals surface area contributed by atoms with Gasteiger partial charge in [-0.2, -0.15) is 0 Å². The van der Waals surface area contributed by atoms with Crippen LogP contribution in [0.1, 0.15) is 26.3 Å². The first kappa shape index (κ1) is 17.8. The lowest BCUT2D eigenvalue weighted by atomic mass is 10.1. The van der Waals surface area contributed by atoms with Crippen LogP contribution in [0.3, 0.4) is 0 Å². The van der Waals surface area contributed by atoms with Gasteiger partial charge in [0.15, 0.2) is 0 Å². The van der Waals surface area contributed by atoms with Gasteiger partial charge in [-0.3, -0.25) is 19.7 Å². The van der Waals surface area contributed by atoms with Crippen LogP contribution in [0.2, 0.25) is 10.0 Å². The third-order valence-corrected chi connectivity index (χ3v) is 5.25. The number of fused-ring (bicyclic) bond motifs is 1. The van der Waals surface area contributed by atoms with Gasteiger partial charge in [-0.25, -0.2) is 0 Å². The number of benzene rings is 2. The van der Waals surface area contributed by atoms with Crippen molar-refractivity contribution in [3.63, 3.8) is 0 Å². The van der Waals surface area contributed by atoms with Crippen molar-refractivity contribution >= 4 is 58.4 Å². The number of rotatable bonds is 5. The fraction of sp³-hybridized carbons (Fsp3) is 0.118. The predicted octanol–water partition coefficient (Wildman–Crippen LogP) is 3.75. The second-order valence-corrected chi connectivity index (χ2v) is 7.05. The van der Waals surface area contributed by atoms with Crippen molar-refractivity contribution in [1.29, 1.82) is 0 Å². The van der Waals surface area contributed by atoms with Gasteiger partial charge in [-0.15, -0.1) is 11.8 Å². The molecule has 0 aliphatic carbocycles. The summed E-state index contributed by atoms with van der Waals surface area (Å²) >= 11 is 13.5. The van der Waals surface area contributed by atoms with E-state index >= 15 is 0 Å². The maximum Gasteiger partial charge on any atom is 0.261 e. The van der Waals surface area contributed by atoms with Crippen molar-refractivity contribution < 1.29 is 14.4 Å². The van der Waals surface area contributed by atoms with Crippen molar-refractivity contribution in [1.82, 2.24) is 5.32 Å². The Morgan fingerprint density at radius 1 is 1.04 bits per heavy atom. The number of carbonyl (C=O) groups excluding carboxylic acids is 3. The predicted molar refractivity (Wildman–Crippen MR) is 99.5 cm³/mol. The van der Waals surface area contributed by atoms with E-state index in [2.05, 4.69) is 10.6 Å². The average molecular weight is 395 g/mol. The highest BCUT2D eigenvalue weighted by atomic mass is 35.5. The molecule has 0 fully saturated rings. The highest BCUT2D eigenvalue weighted by molar-refractivity contribution is 7.99. The largest absolute Gasteiger partial charge is 0.325 e. The Hall–Kier alpha value is -2.02. The topological polar surface area (TPSA) is 75.3 Å². The molecule has 2 N–H and O–H groups in total. The molecule has 1 heterocycles. The van der Waals surface area contributed by atoms with Gasteiger partial charge in [0, 0.05) is 15.8 Å². The van der Waals surface area contributed by atoms with Gasteiger partial charge in [-0.1, -0.05) is 35.3 Å². The standard InChI is InChI=1S/C17H12Cl2N2O3S/c18-11-4-2-5-12(19)10(11)7-25-8-14(22)20-13-6-1-3-9-15(13)17(24)21-16(9)23/h1-6H,7-8H2,(H,20,22)(H,21,23,24). The molecule has 1 aliphatic rings. The second kappa shape index (κ2) is 7.47. The van der Waals surface area contributed by atoms with Crippen LogP contribution in [0.25, 0.3) is 0 Å². The zero-order chi connectivity index (χ0) is 18.0. The number of nitrogens with one attached hydrogen (secondary N) is 2. The van der Waals surface area contributed by atoms with Crippen LogP contribution in [-0.2, 0) is 10.5 Å². The van der Waals surface area contributed by atoms with E-state index in [0.717, 1.165) is 5.56 Å². The number of halogens is 2. The molecule has 0 saturated carbocycles. The van der Waals surface area contributed by atoms with Crippen LogP contribution >= 0.6 is 35.0 Å². The zero-order valence-electron chi connectivity index (χ0n) is 12.8. The molecule has 0 saturated heterocycles. The monoisotopic (exact) mass is 394 g/mol. The lowest BCUT2D eigenvalue weighted by Crippen LogP contribution is -2.21. The normalized spacial score (nSPS) is 12.7. The fourth-order valence-electron chi connectivity index (χ4n) is 2.43. The van der Waals surface area contributed by atoms with E-state index in [4.69, 9.17) is 23.2 Å². The number of amides is 3. The van der Waals surface area contributed by atoms with E-state index in [9.17, 15) is 14.4 Å². The van der Waals surface area contributed by atoms with Crippen LogP contribution < -0.4 is 10.6 Å². The molecule has 8 heteroatoms. The first-order chi connectivity index (χ1) is 12.0. The number of hydrogen-bond donors (Lipinski definition) is 2. The molecule has 0 aromatic heterocycles. The summed E-state index contributed by atoms with van der Waals surface area (Å²) in [7, 11) is 0. The molecule has 3 amide bonds. The number of carbonyl (C=O) groups is 3. The highest BCUT2D eigenvalue weighted by Gasteiger charge is 2.29. The molecule has 0 radical (unpaired) electrons. The summed E-state index contributed by atoms with van der Waals surface area (Å²) in [6, 6.07) is 9.99. The van der Waals surface area contributed by atoms with E-state index in [0.29, 0.717) is 21.5 Å². The summed E-state index contributed by atoms with van der Waals surface area (Å²) in [5.74, 6) is -0.613. The molecule has 25 heavy (non-hydrogen) atoms. The minimum atomic E-state index is -0.508. The quantitative estimate of drug-likeness (QED) is 0.757. The molecule has 3 rings (SSSR count). The van der Waals surface area contributed by atoms with Crippen molar-refractivity contribution in [3.8, 4) is 0 Å². The number of thioether (sulfide) groups is 1. The summed E-state index contributed by atoms with van der Waals surface area (Å²) in [6.45, 7) is 0. The minimum Gasteiger partial charge on any atom is -0.325 e. The zero-order valence-corrected chi connectivity index (χ0v) is 15.1. The molecular formula is C17H12Cl2N2O3S. The highest BCUT2D eigenvalue weighted by Crippen LogP contribution is 2.28. The smallest absolute Gasteiger partial charge is 0.261 e. The van der Waals surface area contributed by atoms with E-state index in [1.807, 2.05) is 0 Å². The second-order valence-electron chi connectivity index (χ2n) is 5.25. The summed E-state index contributed by atoms with van der Waals surface area (Å²) < 4.78 is 0. The van der Waals surface area contributed by atoms with Crippen molar-refractivity contribution in [3.05, 3.63) is 63.1 Å². The SMILES string of the molecule is O=C(CSCc1c(Cl)cccc1Cl)Nc1cccc2c1C(=O)NC2=O. The third-order valence-electron chi connectivity index (χ3n) is 3.58. The summed E-state index contributed by atoms with van der Waals surface area (Å²) in [5.41, 5.74) is 1.55. The van der Waals surface area contributed by atoms with Gasteiger partial charge in [0.2, 0.25) is 5.91 Å². The van der Waals surface area contributed by atoms with Crippen molar-refractivity contribution in [2.45, 2.75) is 5.75 Å². The van der Waals surface area contributed by atoms with E-state index in [1.54, 1.807) is 36.4 Å². The molecule has 0 atom stereocenters. The Kier molecular flexibility index (Phi) is 5.32. The average Bonchev–Trinajstić information content (AvgIpc) is 2.86. The Morgan fingerprint density at radius 2 is 1.72 bits per heavy atom. The van der Waals surface area contributed by atoms with E-state index in [-0.39, 0.29) is 22.8 Å². The molecule has 0 bridgehead atoms. The van der Waals surface area contributed by atoms with Crippen molar-refractivity contribution in [2.75, 3.05) is 11.1 Å². The van der Waals surface area contributed by atoms with Crippen LogP contribution in [0.15, 0.2) is 36.4 Å².